The van der Waals surface area contributed by atoms with Crippen LogP contribution in [0, 0.1) is 5.92 Å². The molecule has 1 heterocycles. The Labute approximate surface area is 165 Å². The predicted octanol–water partition coefficient (Wildman–Crippen LogP) is 4.70. The molecule has 138 valence electrons. The van der Waals surface area contributed by atoms with Crippen molar-refractivity contribution in [1.82, 2.24) is 10.2 Å². The van der Waals surface area contributed by atoms with Crippen LogP contribution in [0.3, 0.4) is 0 Å². The maximum absolute atomic E-state index is 12.2. The third-order valence-corrected chi connectivity index (χ3v) is 6.04. The highest BCUT2D eigenvalue weighted by Crippen LogP contribution is 2.24. The van der Waals surface area contributed by atoms with E-state index in [1.54, 1.807) is 24.3 Å². The molecule has 5 heteroatoms. The van der Waals surface area contributed by atoms with Gasteiger partial charge in [0, 0.05) is 28.6 Å². The summed E-state index contributed by atoms with van der Waals surface area (Å²) >= 11 is 7.68. The van der Waals surface area contributed by atoms with E-state index < -0.39 is 0 Å². The number of thioether (sulfide) groups is 1. The van der Waals surface area contributed by atoms with Crippen molar-refractivity contribution in [3.8, 4) is 0 Å². The third-order valence-electron chi connectivity index (χ3n) is 4.95. The number of benzene rings is 2. The summed E-state index contributed by atoms with van der Waals surface area (Å²) in [7, 11) is 0. The molecule has 2 aromatic carbocycles. The van der Waals surface area contributed by atoms with E-state index in [0.29, 0.717) is 16.5 Å². The summed E-state index contributed by atoms with van der Waals surface area (Å²) in [6.07, 6.45) is 4.39. The summed E-state index contributed by atoms with van der Waals surface area (Å²) in [4.78, 5) is 16.1. The lowest BCUT2D eigenvalue weighted by Crippen LogP contribution is -2.38. The molecule has 0 saturated carbocycles. The van der Waals surface area contributed by atoms with Crippen LogP contribution < -0.4 is 5.32 Å². The van der Waals surface area contributed by atoms with Gasteiger partial charge in [-0.25, -0.2) is 0 Å². The van der Waals surface area contributed by atoms with Gasteiger partial charge in [0.05, 0.1) is 0 Å². The van der Waals surface area contributed by atoms with E-state index in [1.807, 2.05) is 11.8 Å². The number of piperidine rings is 1. The number of rotatable bonds is 6. The van der Waals surface area contributed by atoms with Gasteiger partial charge in [-0.05, 0) is 74.0 Å². The summed E-state index contributed by atoms with van der Waals surface area (Å²) in [5, 5.41) is 3.72. The molecule has 0 radical (unpaired) electrons. The second kappa shape index (κ2) is 9.45. The maximum Gasteiger partial charge on any atom is 0.251 e. The highest BCUT2D eigenvalue weighted by atomic mass is 35.5. The van der Waals surface area contributed by atoms with Crippen LogP contribution >= 0.6 is 23.4 Å². The van der Waals surface area contributed by atoms with Gasteiger partial charge in [0.2, 0.25) is 0 Å². The number of hydrogen-bond acceptors (Lipinski definition) is 3. The van der Waals surface area contributed by atoms with Gasteiger partial charge in [-0.1, -0.05) is 29.8 Å². The van der Waals surface area contributed by atoms with Gasteiger partial charge >= 0.3 is 0 Å². The molecule has 3 nitrogen and oxygen atoms in total. The smallest absolute Gasteiger partial charge is 0.251 e. The summed E-state index contributed by atoms with van der Waals surface area (Å²) in [5.74, 6) is 0.538. The van der Waals surface area contributed by atoms with Crippen LogP contribution in [0.5, 0.6) is 0 Å². The van der Waals surface area contributed by atoms with Gasteiger partial charge < -0.3 is 5.32 Å². The van der Waals surface area contributed by atoms with Crippen molar-refractivity contribution in [1.29, 1.82) is 0 Å². The lowest BCUT2D eigenvalue weighted by atomic mass is 9.96. The largest absolute Gasteiger partial charge is 0.352 e. The minimum absolute atomic E-state index is 0.0157. The van der Waals surface area contributed by atoms with Crippen molar-refractivity contribution in [3.63, 3.8) is 0 Å². The minimum Gasteiger partial charge on any atom is -0.352 e. The summed E-state index contributed by atoms with van der Waals surface area (Å²) in [6.45, 7) is 3.94. The number of carbonyl (C=O) groups excluding carboxylic acids is 1. The fourth-order valence-electron chi connectivity index (χ4n) is 3.36. The Morgan fingerprint density at radius 2 is 1.85 bits per heavy atom. The number of halogens is 1. The number of nitrogens with zero attached hydrogens (tertiary/aromatic N) is 1. The topological polar surface area (TPSA) is 32.3 Å². The van der Waals surface area contributed by atoms with Crippen LogP contribution in [0.25, 0.3) is 0 Å². The van der Waals surface area contributed by atoms with Crippen LogP contribution in [0.2, 0.25) is 5.02 Å². The van der Waals surface area contributed by atoms with Crippen LogP contribution in [0.15, 0.2) is 53.4 Å². The van der Waals surface area contributed by atoms with Crippen LogP contribution in [-0.2, 0) is 6.54 Å². The maximum atomic E-state index is 12.2. The van der Waals surface area contributed by atoms with Crippen molar-refractivity contribution >= 4 is 29.3 Å². The first kappa shape index (κ1) is 19.3. The molecule has 2 aromatic rings. The summed E-state index contributed by atoms with van der Waals surface area (Å²) in [6, 6.07) is 15.7. The molecular formula is C21H25ClN2OS. The second-order valence-corrected chi connectivity index (χ2v) is 8.03. The first-order valence-corrected chi connectivity index (χ1v) is 10.6. The van der Waals surface area contributed by atoms with Crippen molar-refractivity contribution < 1.29 is 4.79 Å². The number of likely N-dealkylation sites (tertiary alicyclic amines) is 1. The normalized spacial score (nSPS) is 15.8. The number of hydrogen-bond donors (Lipinski definition) is 1. The molecule has 1 aliphatic rings. The lowest BCUT2D eigenvalue weighted by Gasteiger charge is -2.32. The average Bonchev–Trinajstić information content (AvgIpc) is 2.68. The second-order valence-electron chi connectivity index (χ2n) is 6.75. The first-order chi connectivity index (χ1) is 12.7. The Hall–Kier alpha value is -1.49. The average molecular weight is 389 g/mol. The van der Waals surface area contributed by atoms with E-state index >= 15 is 0 Å². The molecular weight excluding hydrogens is 364 g/mol. The molecule has 1 aliphatic heterocycles. The van der Waals surface area contributed by atoms with Crippen molar-refractivity contribution in [2.24, 2.45) is 5.92 Å². The van der Waals surface area contributed by atoms with Gasteiger partial charge in [0.15, 0.2) is 0 Å². The van der Waals surface area contributed by atoms with Crippen LogP contribution in [0.1, 0.15) is 28.8 Å². The highest BCUT2D eigenvalue weighted by Gasteiger charge is 2.20. The summed E-state index contributed by atoms with van der Waals surface area (Å²) < 4.78 is 0. The molecule has 0 aliphatic carbocycles. The Balaban J connectivity index is 1.43. The zero-order valence-electron chi connectivity index (χ0n) is 15.1. The Kier molecular flexibility index (Phi) is 7.00. The molecule has 1 saturated heterocycles. The van der Waals surface area contributed by atoms with E-state index in [2.05, 4.69) is 40.7 Å². The molecule has 1 N–H and O–H groups in total. The van der Waals surface area contributed by atoms with E-state index in [9.17, 15) is 4.79 Å². The van der Waals surface area contributed by atoms with E-state index in [-0.39, 0.29) is 5.91 Å². The standard InChI is InChI=1S/C21H25ClN2OS/c1-26-20-5-3-2-4-18(20)15-24-12-10-16(11-13-24)14-23-21(25)17-6-8-19(22)9-7-17/h2-9,16H,10-15H2,1H3,(H,23,25). The molecule has 1 amide bonds. The zero-order chi connectivity index (χ0) is 18.4. The monoisotopic (exact) mass is 388 g/mol. The molecule has 1 fully saturated rings. The van der Waals surface area contributed by atoms with Crippen molar-refractivity contribution in [2.75, 3.05) is 25.9 Å². The zero-order valence-corrected chi connectivity index (χ0v) is 16.7. The van der Waals surface area contributed by atoms with Gasteiger partial charge in [-0.2, -0.15) is 0 Å². The van der Waals surface area contributed by atoms with Gasteiger partial charge in [0.25, 0.3) is 5.91 Å². The van der Waals surface area contributed by atoms with Gasteiger partial charge in [-0.3, -0.25) is 9.69 Å². The van der Waals surface area contributed by atoms with E-state index in [1.165, 1.54) is 10.5 Å². The van der Waals surface area contributed by atoms with Crippen LogP contribution in [0.4, 0.5) is 0 Å². The Morgan fingerprint density at radius 3 is 2.54 bits per heavy atom. The Bertz CT molecular complexity index is 727. The molecule has 0 atom stereocenters. The van der Waals surface area contributed by atoms with Crippen molar-refractivity contribution in [2.45, 2.75) is 24.3 Å². The minimum atomic E-state index is -0.0157. The van der Waals surface area contributed by atoms with Crippen molar-refractivity contribution in [3.05, 3.63) is 64.7 Å². The predicted molar refractivity (Wildman–Crippen MR) is 110 cm³/mol. The summed E-state index contributed by atoms with van der Waals surface area (Å²) in [5.41, 5.74) is 2.08. The fourth-order valence-corrected chi connectivity index (χ4v) is 4.10. The highest BCUT2D eigenvalue weighted by molar-refractivity contribution is 7.98. The SMILES string of the molecule is CSc1ccccc1CN1CCC(CNC(=O)c2ccc(Cl)cc2)CC1. The molecule has 3 rings (SSSR count). The molecule has 0 spiro atoms. The molecule has 26 heavy (non-hydrogen) atoms. The number of nitrogens with one attached hydrogen (secondary N) is 1. The Morgan fingerprint density at radius 1 is 1.15 bits per heavy atom. The first-order valence-electron chi connectivity index (χ1n) is 9.03. The molecule has 0 aromatic heterocycles. The van der Waals surface area contributed by atoms with E-state index in [0.717, 1.165) is 39.0 Å². The molecule has 0 bridgehead atoms. The van der Waals surface area contributed by atoms with Gasteiger partial charge in [0.1, 0.15) is 0 Å². The van der Waals surface area contributed by atoms with E-state index in [4.69, 9.17) is 11.6 Å². The third kappa shape index (κ3) is 5.26. The van der Waals surface area contributed by atoms with Crippen LogP contribution in [-0.4, -0.2) is 36.7 Å². The molecule has 0 unspecified atom stereocenters. The lowest BCUT2D eigenvalue weighted by molar-refractivity contribution is 0.0935. The number of amides is 1. The van der Waals surface area contributed by atoms with Gasteiger partial charge in [-0.15, -0.1) is 11.8 Å². The number of carbonyl (C=O) groups is 1. The quantitative estimate of drug-likeness (QED) is 0.727. The fraction of sp³-hybridized carbons (Fsp3) is 0.381.